The normalized spacial score (nSPS) is 1.60. The Morgan fingerprint density at radius 2 is 0.600 bits per heavy atom. The molecule has 5 heavy (non-hydrogen) atoms. The quantitative estimate of drug-likeness (QED) is 0.397. The molecule has 0 aromatic heterocycles. The molecule has 1 heteroatoms. The highest BCUT2D eigenvalue weighted by molar-refractivity contribution is 7.59. The summed E-state index contributed by atoms with van der Waals surface area (Å²) in [7, 11) is 0. The van der Waals surface area contributed by atoms with E-state index < -0.39 is 0 Å². The topological polar surface area (TPSA) is 0 Å². The second-order valence-corrected chi connectivity index (χ2v) is 0. The molecule has 32 valence electrons. The molecule has 0 heterocycles. The Hall–Kier alpha value is -0.170. The van der Waals surface area contributed by atoms with Crippen LogP contribution < -0.4 is 0 Å². The van der Waals surface area contributed by atoms with Crippen LogP contribution in [0.2, 0.25) is 0 Å². The molecule has 0 saturated heterocycles. The van der Waals surface area contributed by atoms with Crippen molar-refractivity contribution in [3.05, 3.63) is 26.3 Å². The lowest BCUT2D eigenvalue weighted by Crippen LogP contribution is -0.552. The third-order valence-electron chi connectivity index (χ3n) is 0. The van der Waals surface area contributed by atoms with Crippen LogP contribution in [0.15, 0.2) is 26.3 Å². The van der Waals surface area contributed by atoms with E-state index in [4.69, 9.17) is 0 Å². The Balaban J connectivity index is -0.0000000133. The zero-order chi connectivity index (χ0) is 4.00. The molecule has 0 spiro atoms. The van der Waals surface area contributed by atoms with Crippen molar-refractivity contribution < 1.29 is 0 Å². The van der Waals surface area contributed by atoms with Crippen LogP contribution in [0.5, 0.6) is 0 Å². The van der Waals surface area contributed by atoms with E-state index >= 15 is 0 Å². The molecule has 0 saturated carbocycles. The standard InChI is InChI=1S/2C2H4.H2S/c2*1-2;/h2*1-2H2;1H2. The van der Waals surface area contributed by atoms with Crippen LogP contribution >= 0.6 is 13.5 Å². The van der Waals surface area contributed by atoms with E-state index in [1.54, 1.807) is 0 Å². The summed E-state index contributed by atoms with van der Waals surface area (Å²) in [5, 5.41) is 0. The van der Waals surface area contributed by atoms with Gasteiger partial charge in [0.2, 0.25) is 0 Å². The van der Waals surface area contributed by atoms with Crippen molar-refractivity contribution in [3.8, 4) is 0 Å². The van der Waals surface area contributed by atoms with Crippen molar-refractivity contribution in [1.82, 2.24) is 0 Å². The Kier molecular flexibility index (Phi) is 4490. The van der Waals surface area contributed by atoms with E-state index in [2.05, 4.69) is 26.3 Å². The van der Waals surface area contributed by atoms with E-state index in [-0.39, 0.29) is 13.5 Å². The van der Waals surface area contributed by atoms with Crippen LogP contribution in [0, 0.1) is 0 Å². The van der Waals surface area contributed by atoms with Crippen LogP contribution in [0.25, 0.3) is 0 Å². The number of hydrogen-bond acceptors (Lipinski definition) is 0. The lowest BCUT2D eigenvalue weighted by atomic mass is 11.3. The lowest BCUT2D eigenvalue weighted by molar-refractivity contribution is 2.81. The summed E-state index contributed by atoms with van der Waals surface area (Å²) in [5.74, 6) is 0. The van der Waals surface area contributed by atoms with E-state index in [1.807, 2.05) is 0 Å². The molecule has 0 radical (unpaired) electrons. The first-order valence-electron chi connectivity index (χ1n) is 1.000. The SMILES string of the molecule is C=C.C=C.S. The maximum Gasteiger partial charge on any atom is -0.106 e. The van der Waals surface area contributed by atoms with Crippen molar-refractivity contribution in [1.29, 1.82) is 0 Å². The number of hydrogen-bond donors (Lipinski definition) is 0. The van der Waals surface area contributed by atoms with Gasteiger partial charge in [-0.1, -0.05) is 0 Å². The van der Waals surface area contributed by atoms with Crippen LogP contribution in [0.1, 0.15) is 0 Å². The van der Waals surface area contributed by atoms with Crippen LogP contribution in [0.4, 0.5) is 0 Å². The summed E-state index contributed by atoms with van der Waals surface area (Å²) in [6.07, 6.45) is 0. The average molecular weight is 90.2 g/mol. The van der Waals surface area contributed by atoms with Gasteiger partial charge in [-0.2, -0.15) is 13.5 Å². The minimum Gasteiger partial charge on any atom is -0.197 e. The maximum atomic E-state index is 3.00. The molecule has 0 fully saturated rings. The van der Waals surface area contributed by atoms with Gasteiger partial charge in [0.25, 0.3) is 0 Å². The fourth-order valence-electron chi connectivity index (χ4n) is 0. The summed E-state index contributed by atoms with van der Waals surface area (Å²) < 4.78 is 0. The smallest absolute Gasteiger partial charge is 0.106 e. The molecule has 0 amide bonds. The van der Waals surface area contributed by atoms with Crippen LogP contribution in [0.3, 0.4) is 0 Å². The monoisotopic (exact) mass is 90.1 g/mol. The summed E-state index contributed by atoms with van der Waals surface area (Å²) in [4.78, 5) is 0. The van der Waals surface area contributed by atoms with Crippen molar-refractivity contribution >= 4 is 13.5 Å². The zero-order valence-corrected chi connectivity index (χ0v) is 4.33. The van der Waals surface area contributed by atoms with Gasteiger partial charge >= 0.3 is 0 Å². The first kappa shape index (κ1) is 21.2. The molecular formula is C4H10S. The minimum absolute atomic E-state index is 0. The predicted molar refractivity (Wildman–Crippen MR) is 32.9 cm³/mol. The molecule has 0 aliphatic rings. The summed E-state index contributed by atoms with van der Waals surface area (Å²) in [5.41, 5.74) is 0. The van der Waals surface area contributed by atoms with E-state index in [1.165, 1.54) is 0 Å². The van der Waals surface area contributed by atoms with Gasteiger partial charge in [-0.15, -0.1) is 26.3 Å². The number of rotatable bonds is 0. The van der Waals surface area contributed by atoms with E-state index in [0.717, 1.165) is 0 Å². The van der Waals surface area contributed by atoms with E-state index in [0.29, 0.717) is 0 Å². The van der Waals surface area contributed by atoms with E-state index in [9.17, 15) is 0 Å². The highest BCUT2D eigenvalue weighted by atomic mass is 32.1. The summed E-state index contributed by atoms with van der Waals surface area (Å²) >= 11 is 0. The molecule has 0 nitrogen and oxygen atoms in total. The molecule has 0 aromatic carbocycles. The van der Waals surface area contributed by atoms with Gasteiger partial charge in [-0.05, 0) is 0 Å². The third-order valence-corrected chi connectivity index (χ3v) is 0. The second-order valence-electron chi connectivity index (χ2n) is 0. The summed E-state index contributed by atoms with van der Waals surface area (Å²) in [6, 6.07) is 0. The second kappa shape index (κ2) is 1060. The molecule has 0 aromatic rings. The molecule has 0 aliphatic carbocycles. The van der Waals surface area contributed by atoms with Gasteiger partial charge < -0.3 is 0 Å². The van der Waals surface area contributed by atoms with Crippen molar-refractivity contribution in [3.63, 3.8) is 0 Å². The van der Waals surface area contributed by atoms with Crippen molar-refractivity contribution in [2.75, 3.05) is 0 Å². The summed E-state index contributed by atoms with van der Waals surface area (Å²) in [6.45, 7) is 12.0. The highest BCUT2D eigenvalue weighted by Crippen LogP contribution is 0.864. The van der Waals surface area contributed by atoms with Gasteiger partial charge in [-0.25, -0.2) is 0 Å². The van der Waals surface area contributed by atoms with Gasteiger partial charge in [0.1, 0.15) is 0 Å². The molecule has 0 atom stereocenters. The maximum absolute atomic E-state index is 3.00. The zero-order valence-electron chi connectivity index (χ0n) is 3.33. The van der Waals surface area contributed by atoms with Gasteiger partial charge in [0, 0.05) is 0 Å². The predicted octanol–water partition coefficient (Wildman–Crippen LogP) is 1.72. The highest BCUT2D eigenvalue weighted by Gasteiger charge is 0.603. The average Bonchev–Trinajstić information content (AvgIpc) is 1.50. The molecule has 0 rings (SSSR count). The van der Waals surface area contributed by atoms with Crippen LogP contribution in [-0.2, 0) is 0 Å². The van der Waals surface area contributed by atoms with Gasteiger partial charge in [0.15, 0.2) is 0 Å². The van der Waals surface area contributed by atoms with Crippen LogP contribution in [-0.4, -0.2) is 0 Å². The van der Waals surface area contributed by atoms with Gasteiger partial charge in [-0.3, -0.25) is 0 Å². The third kappa shape index (κ3) is 444. The molecular weight excluding hydrogens is 80.1 g/mol. The Morgan fingerprint density at radius 1 is 0.600 bits per heavy atom. The fourth-order valence-corrected chi connectivity index (χ4v) is 0. The molecule has 0 unspecified atom stereocenters. The Labute approximate surface area is 40.7 Å². The fraction of sp³-hybridized carbons (Fsp3) is 0. The lowest BCUT2D eigenvalue weighted by Gasteiger charge is -0.813. The largest absolute Gasteiger partial charge is 0.197 e. The van der Waals surface area contributed by atoms with Crippen molar-refractivity contribution in [2.45, 2.75) is 0 Å². The first-order valence-corrected chi connectivity index (χ1v) is 1.000. The molecule has 0 N–H and O–H groups in total. The minimum atomic E-state index is 0. The molecule has 0 bridgehead atoms. The molecule has 0 aliphatic heterocycles. The van der Waals surface area contributed by atoms with Gasteiger partial charge in [0.05, 0.1) is 0 Å². The first-order chi connectivity index (χ1) is 2.00. The Morgan fingerprint density at radius 3 is 0.600 bits per heavy atom. The van der Waals surface area contributed by atoms with Crippen molar-refractivity contribution in [2.24, 2.45) is 0 Å². The Bertz CT molecular complexity index is 5.61.